The van der Waals surface area contributed by atoms with Crippen LogP contribution < -0.4 is 10.9 Å². The third-order valence-corrected chi connectivity index (χ3v) is 7.95. The van der Waals surface area contributed by atoms with Crippen molar-refractivity contribution in [2.24, 2.45) is 0 Å². The summed E-state index contributed by atoms with van der Waals surface area (Å²) >= 11 is 8.13. The van der Waals surface area contributed by atoms with Gasteiger partial charge in [-0.3, -0.25) is 18.7 Å². The van der Waals surface area contributed by atoms with Crippen molar-refractivity contribution in [3.05, 3.63) is 98.1 Å². The van der Waals surface area contributed by atoms with E-state index in [0.717, 1.165) is 22.5 Å². The fourth-order valence-electron chi connectivity index (χ4n) is 3.87. The number of carbonyl (C=O) groups excluding carboxylic acids is 1. The molecule has 7 nitrogen and oxygen atoms in total. The van der Waals surface area contributed by atoms with Gasteiger partial charge in [0.05, 0.1) is 29.9 Å². The summed E-state index contributed by atoms with van der Waals surface area (Å²) in [5.41, 5.74) is 3.82. The molecule has 10 heteroatoms. The molecular formula is C26H22N4O3S3. The Hall–Kier alpha value is -3.47. The predicted molar refractivity (Wildman–Crippen MR) is 146 cm³/mol. The Balaban J connectivity index is 1.61. The summed E-state index contributed by atoms with van der Waals surface area (Å²) in [6.45, 7) is 4.23. The van der Waals surface area contributed by atoms with Gasteiger partial charge in [0.1, 0.15) is 10.5 Å². The van der Waals surface area contributed by atoms with Crippen LogP contribution in [0.1, 0.15) is 16.9 Å². The van der Waals surface area contributed by atoms with Gasteiger partial charge in [0.15, 0.2) is 14.8 Å². The molecule has 1 amide bonds. The van der Waals surface area contributed by atoms with Crippen LogP contribution in [-0.4, -0.2) is 25.8 Å². The van der Waals surface area contributed by atoms with E-state index >= 15 is 0 Å². The van der Waals surface area contributed by atoms with Crippen LogP contribution >= 0.6 is 35.3 Å². The second-order valence-electron chi connectivity index (χ2n) is 8.11. The Morgan fingerprint density at radius 1 is 1.03 bits per heavy atom. The van der Waals surface area contributed by atoms with Crippen molar-refractivity contribution in [3.8, 4) is 11.4 Å². The molecule has 0 fully saturated rings. The third-order valence-electron chi connectivity index (χ3n) is 5.66. The Bertz CT molecular complexity index is 1680. The number of hydrogen-bond donors (Lipinski definition) is 1. The summed E-state index contributed by atoms with van der Waals surface area (Å²) in [5, 5.41) is 3.26. The average molecular weight is 535 g/mol. The van der Waals surface area contributed by atoms with Crippen LogP contribution in [0.5, 0.6) is 0 Å². The van der Waals surface area contributed by atoms with Crippen molar-refractivity contribution in [2.45, 2.75) is 25.5 Å². The normalized spacial score (nSPS) is 11.2. The smallest absolute Gasteiger partial charge is 0.278 e. The quantitative estimate of drug-likeness (QED) is 0.167. The highest BCUT2D eigenvalue weighted by atomic mass is 32.2. The number of thioether (sulfide) groups is 1. The molecule has 0 bridgehead atoms. The number of amides is 1. The van der Waals surface area contributed by atoms with Crippen molar-refractivity contribution >= 4 is 51.6 Å². The molecule has 0 radical (unpaired) electrons. The number of nitrogens with zero attached hydrogens (tertiary/aromatic N) is 3. The molecule has 182 valence electrons. The molecule has 3 aromatic heterocycles. The first kappa shape index (κ1) is 24.2. The number of carbonyl (C=O) groups is 1. The van der Waals surface area contributed by atoms with Crippen LogP contribution in [0.15, 0.2) is 81.3 Å². The number of rotatable bonds is 7. The molecule has 0 aliphatic heterocycles. The van der Waals surface area contributed by atoms with Crippen LogP contribution in [0.4, 0.5) is 0 Å². The molecule has 36 heavy (non-hydrogen) atoms. The largest absolute Gasteiger partial charge is 0.467 e. The highest BCUT2D eigenvalue weighted by Crippen LogP contribution is 2.29. The molecule has 0 atom stereocenters. The van der Waals surface area contributed by atoms with E-state index in [1.165, 1.54) is 23.1 Å². The predicted octanol–water partition coefficient (Wildman–Crippen LogP) is 5.59. The van der Waals surface area contributed by atoms with Crippen molar-refractivity contribution in [1.82, 2.24) is 19.4 Å². The van der Waals surface area contributed by atoms with Gasteiger partial charge in [-0.05, 0) is 61.5 Å². The van der Waals surface area contributed by atoms with E-state index in [-0.39, 0.29) is 17.2 Å². The van der Waals surface area contributed by atoms with Gasteiger partial charge < -0.3 is 9.73 Å². The number of fused-ring (bicyclic) bond motifs is 1. The number of benzene rings is 2. The van der Waals surface area contributed by atoms with Gasteiger partial charge in [-0.15, -0.1) is 0 Å². The topological polar surface area (TPSA) is 82.1 Å². The second kappa shape index (κ2) is 10.3. The van der Waals surface area contributed by atoms with Crippen molar-refractivity contribution in [3.63, 3.8) is 0 Å². The van der Waals surface area contributed by atoms with Gasteiger partial charge in [-0.2, -0.15) is 0 Å². The molecule has 0 saturated carbocycles. The zero-order valence-electron chi connectivity index (χ0n) is 19.6. The number of aryl methyl sites for hydroxylation is 2. The van der Waals surface area contributed by atoms with Gasteiger partial charge in [-0.25, -0.2) is 4.98 Å². The van der Waals surface area contributed by atoms with Gasteiger partial charge in [-0.1, -0.05) is 59.5 Å². The molecule has 5 aromatic rings. The molecular weight excluding hydrogens is 513 g/mol. The number of thiazole rings is 1. The molecule has 3 heterocycles. The van der Waals surface area contributed by atoms with E-state index in [1.807, 2.05) is 66.9 Å². The van der Waals surface area contributed by atoms with Crippen molar-refractivity contribution in [1.29, 1.82) is 0 Å². The van der Waals surface area contributed by atoms with Crippen LogP contribution in [0.3, 0.4) is 0 Å². The zero-order valence-corrected chi connectivity index (χ0v) is 22.0. The first-order valence-corrected chi connectivity index (χ1v) is 13.4. The van der Waals surface area contributed by atoms with Gasteiger partial charge >= 0.3 is 0 Å². The summed E-state index contributed by atoms with van der Waals surface area (Å²) in [6, 6.07) is 19.0. The van der Waals surface area contributed by atoms with Crippen LogP contribution in [-0.2, 0) is 11.3 Å². The van der Waals surface area contributed by atoms with Crippen LogP contribution in [0, 0.1) is 17.8 Å². The van der Waals surface area contributed by atoms with Gasteiger partial charge in [0.25, 0.3) is 5.56 Å². The summed E-state index contributed by atoms with van der Waals surface area (Å²) in [4.78, 5) is 31.4. The molecule has 2 aromatic carbocycles. The second-order valence-corrected chi connectivity index (χ2v) is 10.7. The molecule has 0 aliphatic rings. The first-order chi connectivity index (χ1) is 17.4. The standard InChI is InChI=1S/C26H22N4O3S3/c1-16-8-3-5-11-19(16)29-23-22(36-26(29)34)24(32)30(20-12-6-4-9-17(20)2)25(28-23)35-15-21(31)27-14-18-10-7-13-33-18/h3-13H,14-15H2,1-2H3,(H,27,31). The summed E-state index contributed by atoms with van der Waals surface area (Å²) < 4.78 is 9.71. The molecule has 0 spiro atoms. The van der Waals surface area contributed by atoms with Crippen molar-refractivity contribution < 1.29 is 9.21 Å². The van der Waals surface area contributed by atoms with E-state index in [4.69, 9.17) is 21.6 Å². The Morgan fingerprint density at radius 3 is 2.33 bits per heavy atom. The molecule has 0 saturated heterocycles. The monoisotopic (exact) mass is 534 g/mol. The molecule has 1 N–H and O–H groups in total. The van der Waals surface area contributed by atoms with Crippen molar-refractivity contribution in [2.75, 3.05) is 5.75 Å². The Labute approximate surface area is 220 Å². The molecule has 0 aliphatic carbocycles. The summed E-state index contributed by atoms with van der Waals surface area (Å²) in [5.74, 6) is 0.558. The maximum absolute atomic E-state index is 13.9. The van der Waals surface area contributed by atoms with E-state index in [9.17, 15) is 9.59 Å². The SMILES string of the molecule is Cc1ccccc1-n1c(SCC(=O)NCc2ccco2)nc2c(sc(=S)n2-c2ccccc2C)c1=O. The average Bonchev–Trinajstić information content (AvgIpc) is 3.50. The minimum Gasteiger partial charge on any atom is -0.467 e. The van der Waals surface area contributed by atoms with Crippen LogP contribution in [0.25, 0.3) is 21.7 Å². The third kappa shape index (κ3) is 4.67. The minimum absolute atomic E-state index is 0.0831. The Kier molecular flexibility index (Phi) is 6.90. The summed E-state index contributed by atoms with van der Waals surface area (Å²) in [7, 11) is 0. The number of para-hydroxylation sites is 2. The lowest BCUT2D eigenvalue weighted by atomic mass is 10.2. The van der Waals surface area contributed by atoms with E-state index < -0.39 is 0 Å². The summed E-state index contributed by atoms with van der Waals surface area (Å²) in [6.07, 6.45) is 1.56. The Morgan fingerprint density at radius 2 is 1.69 bits per heavy atom. The highest BCUT2D eigenvalue weighted by molar-refractivity contribution is 7.99. The highest BCUT2D eigenvalue weighted by Gasteiger charge is 2.21. The van der Waals surface area contributed by atoms with E-state index in [0.29, 0.717) is 31.8 Å². The number of aromatic nitrogens is 3. The van der Waals surface area contributed by atoms with E-state index in [2.05, 4.69) is 5.32 Å². The lowest BCUT2D eigenvalue weighted by molar-refractivity contribution is -0.118. The van der Waals surface area contributed by atoms with E-state index in [1.54, 1.807) is 23.0 Å². The fourth-order valence-corrected chi connectivity index (χ4v) is 5.98. The lowest BCUT2D eigenvalue weighted by Gasteiger charge is -2.15. The maximum atomic E-state index is 13.9. The maximum Gasteiger partial charge on any atom is 0.278 e. The minimum atomic E-state index is -0.212. The number of hydrogen-bond acceptors (Lipinski definition) is 7. The number of nitrogens with one attached hydrogen (secondary N) is 1. The van der Waals surface area contributed by atoms with Crippen LogP contribution in [0.2, 0.25) is 0 Å². The zero-order chi connectivity index (χ0) is 25.2. The number of furan rings is 1. The van der Waals surface area contributed by atoms with Gasteiger partial charge in [0, 0.05) is 0 Å². The lowest BCUT2D eigenvalue weighted by Crippen LogP contribution is -2.26. The first-order valence-electron chi connectivity index (χ1n) is 11.2. The fraction of sp³-hybridized carbons (Fsp3) is 0.154. The molecule has 5 rings (SSSR count). The molecule has 0 unspecified atom stereocenters. The van der Waals surface area contributed by atoms with Gasteiger partial charge in [0.2, 0.25) is 5.91 Å².